The van der Waals surface area contributed by atoms with E-state index in [9.17, 15) is 25.9 Å². The summed E-state index contributed by atoms with van der Waals surface area (Å²) >= 11 is 7.10. The molecule has 0 amide bonds. The zero-order valence-electron chi connectivity index (χ0n) is 28.9. The fourth-order valence-corrected chi connectivity index (χ4v) is 9.77. The first-order valence-corrected chi connectivity index (χ1v) is 20.4. The molecule has 0 atom stereocenters. The topological polar surface area (TPSA) is 115 Å². The Labute approximate surface area is 304 Å². The summed E-state index contributed by atoms with van der Waals surface area (Å²) < 4.78 is 70.7. The summed E-state index contributed by atoms with van der Waals surface area (Å²) in [7, 11) is -8.72. The Morgan fingerprint density at radius 3 is 2.04 bits per heavy atom. The zero-order chi connectivity index (χ0) is 36.5. The molecule has 264 valence electrons. The molecule has 8 nitrogen and oxygen atoms in total. The molecular formula is C40H40ClN2O6S2+. The van der Waals surface area contributed by atoms with Gasteiger partial charge in [-0.05, 0) is 89.6 Å². The van der Waals surface area contributed by atoms with Crippen molar-refractivity contribution < 1.29 is 30.5 Å². The number of allylic oxidation sites excluding steroid dienone is 8. The van der Waals surface area contributed by atoms with Crippen molar-refractivity contribution >= 4 is 70.5 Å². The third-order valence-electron chi connectivity index (χ3n) is 10.4. The van der Waals surface area contributed by atoms with Crippen molar-refractivity contribution in [3.8, 4) is 0 Å². The van der Waals surface area contributed by atoms with Crippen LogP contribution in [0.4, 0.5) is 11.4 Å². The van der Waals surface area contributed by atoms with Crippen molar-refractivity contribution in [2.24, 2.45) is 0 Å². The Balaban J connectivity index is 1.30. The van der Waals surface area contributed by atoms with Crippen LogP contribution in [-0.4, -0.2) is 48.0 Å². The van der Waals surface area contributed by atoms with Gasteiger partial charge in [0.05, 0.1) is 5.41 Å². The van der Waals surface area contributed by atoms with Crippen molar-refractivity contribution in [2.75, 3.05) is 16.7 Å². The SMILES string of the molecule is CC1(C)C(/C=C/C2=C(Cl)C(=C/C=C3/N(CS(=O)(=O)O)c4ccc5ccccc5c4C3(C)C)CCC2)=[N+](CS(=O)(=O)O)c2ccc3ccccc3c21. The van der Waals surface area contributed by atoms with Gasteiger partial charge in [0.2, 0.25) is 5.69 Å². The molecule has 2 heterocycles. The highest BCUT2D eigenvalue weighted by atomic mass is 35.5. The Hall–Kier alpha value is -4.06. The lowest BCUT2D eigenvalue weighted by molar-refractivity contribution is -0.415. The van der Waals surface area contributed by atoms with Gasteiger partial charge in [-0.15, -0.1) is 0 Å². The number of hydrogen-bond acceptors (Lipinski definition) is 5. The molecule has 1 aliphatic carbocycles. The molecule has 2 N–H and O–H groups in total. The smallest absolute Gasteiger partial charge is 0.326 e. The molecule has 4 aromatic carbocycles. The quantitative estimate of drug-likeness (QED) is 0.144. The standard InChI is InChI=1S/C40H39ClN2O6S2/c1-39(2)34(42(24-50(44,45)46)32-20-16-26-10-5-7-14-30(26)36(32)39)22-18-28-12-9-13-29(38(28)41)19-23-35-40(3,4)37-31-15-8-6-11-27(31)17-21-33(37)43(35)25-51(47,48)49/h5-8,10-11,14-23H,9,12-13,24-25H2,1-4H3,(H-,44,45,46,47,48,49)/p+1. The van der Waals surface area contributed by atoms with E-state index in [0.29, 0.717) is 17.9 Å². The first-order chi connectivity index (χ1) is 24.0. The van der Waals surface area contributed by atoms with Gasteiger partial charge in [0.1, 0.15) is 0 Å². The van der Waals surface area contributed by atoms with E-state index in [1.54, 1.807) is 9.48 Å². The molecule has 0 bridgehead atoms. The fourth-order valence-electron chi connectivity index (χ4n) is 8.24. The van der Waals surface area contributed by atoms with Crippen molar-refractivity contribution in [3.05, 3.63) is 130 Å². The predicted molar refractivity (Wildman–Crippen MR) is 206 cm³/mol. The van der Waals surface area contributed by atoms with Gasteiger partial charge in [0.25, 0.3) is 16.0 Å². The normalized spacial score (nSPS) is 20.4. The molecule has 0 unspecified atom stereocenters. The highest BCUT2D eigenvalue weighted by Gasteiger charge is 2.47. The van der Waals surface area contributed by atoms with Gasteiger partial charge in [0, 0.05) is 39.5 Å². The van der Waals surface area contributed by atoms with Gasteiger partial charge in [0.15, 0.2) is 11.6 Å². The Morgan fingerprint density at radius 1 is 0.765 bits per heavy atom. The monoisotopic (exact) mass is 743 g/mol. The minimum absolute atomic E-state index is 0.579. The van der Waals surface area contributed by atoms with E-state index < -0.39 is 42.8 Å². The van der Waals surface area contributed by atoms with E-state index in [-0.39, 0.29) is 0 Å². The average molecular weight is 744 g/mol. The van der Waals surface area contributed by atoms with Crippen LogP contribution in [0, 0.1) is 0 Å². The Morgan fingerprint density at radius 2 is 1.39 bits per heavy atom. The summed E-state index contributed by atoms with van der Waals surface area (Å²) in [5.74, 6) is -1.17. The summed E-state index contributed by atoms with van der Waals surface area (Å²) in [4.78, 5) is 1.67. The molecule has 7 rings (SSSR count). The summed E-state index contributed by atoms with van der Waals surface area (Å²) in [5.41, 5.74) is 5.47. The zero-order valence-corrected chi connectivity index (χ0v) is 31.3. The van der Waals surface area contributed by atoms with Crippen LogP contribution >= 0.6 is 11.6 Å². The molecule has 0 aromatic heterocycles. The lowest BCUT2D eigenvalue weighted by atomic mass is 9.79. The van der Waals surface area contributed by atoms with E-state index in [1.165, 1.54) is 0 Å². The number of rotatable bonds is 7. The van der Waals surface area contributed by atoms with Gasteiger partial charge in [-0.3, -0.25) is 9.11 Å². The van der Waals surface area contributed by atoms with Gasteiger partial charge in [-0.2, -0.15) is 21.4 Å². The maximum atomic E-state index is 12.3. The van der Waals surface area contributed by atoms with Gasteiger partial charge in [-0.25, -0.2) is 0 Å². The number of anilines is 1. The highest BCUT2D eigenvalue weighted by molar-refractivity contribution is 7.86. The third-order valence-corrected chi connectivity index (χ3v) is 12.1. The first-order valence-electron chi connectivity index (χ1n) is 16.8. The largest absolute Gasteiger partial charge is 0.327 e. The van der Waals surface area contributed by atoms with Crippen LogP contribution in [0.15, 0.2) is 119 Å². The molecule has 4 aromatic rings. The minimum atomic E-state index is -4.36. The predicted octanol–water partition coefficient (Wildman–Crippen LogP) is 8.90. The van der Waals surface area contributed by atoms with E-state index in [4.69, 9.17) is 11.6 Å². The Bertz CT molecular complexity index is 2530. The van der Waals surface area contributed by atoms with Crippen LogP contribution in [0.3, 0.4) is 0 Å². The van der Waals surface area contributed by atoms with Crippen molar-refractivity contribution in [1.29, 1.82) is 0 Å². The van der Waals surface area contributed by atoms with Crippen molar-refractivity contribution in [2.45, 2.75) is 57.8 Å². The highest BCUT2D eigenvalue weighted by Crippen LogP contribution is 2.51. The molecule has 0 radical (unpaired) electrons. The average Bonchev–Trinajstić information content (AvgIpc) is 3.40. The van der Waals surface area contributed by atoms with E-state index >= 15 is 0 Å². The second kappa shape index (κ2) is 12.6. The Kier molecular flexibility index (Phi) is 8.71. The lowest BCUT2D eigenvalue weighted by Gasteiger charge is -2.26. The molecule has 0 saturated heterocycles. The molecule has 0 saturated carbocycles. The maximum absolute atomic E-state index is 12.3. The third kappa shape index (κ3) is 6.38. The van der Waals surface area contributed by atoms with Crippen LogP contribution in [0.1, 0.15) is 58.1 Å². The van der Waals surface area contributed by atoms with E-state index in [1.807, 2.05) is 97.1 Å². The summed E-state index contributed by atoms with van der Waals surface area (Å²) in [6.45, 7) is 8.22. The minimum Gasteiger partial charge on any atom is -0.327 e. The molecule has 2 aliphatic heterocycles. The molecular weight excluding hydrogens is 704 g/mol. The van der Waals surface area contributed by atoms with Gasteiger partial charge in [-0.1, -0.05) is 92.2 Å². The number of nitrogens with zero attached hydrogens (tertiary/aromatic N) is 2. The van der Waals surface area contributed by atoms with Crippen LogP contribution < -0.4 is 4.90 Å². The molecule has 0 fully saturated rings. The van der Waals surface area contributed by atoms with Crippen LogP contribution in [0.5, 0.6) is 0 Å². The summed E-state index contributed by atoms with van der Waals surface area (Å²) in [6.07, 6.45) is 9.95. The van der Waals surface area contributed by atoms with E-state index in [0.717, 1.165) is 73.0 Å². The van der Waals surface area contributed by atoms with Gasteiger partial charge < -0.3 is 4.90 Å². The number of fused-ring (bicyclic) bond motifs is 6. The van der Waals surface area contributed by atoms with Crippen LogP contribution in [0.25, 0.3) is 21.5 Å². The molecule has 0 spiro atoms. The molecule has 3 aliphatic rings. The van der Waals surface area contributed by atoms with Crippen molar-refractivity contribution in [3.63, 3.8) is 0 Å². The van der Waals surface area contributed by atoms with Crippen molar-refractivity contribution in [1.82, 2.24) is 0 Å². The maximum Gasteiger partial charge on any atom is 0.326 e. The van der Waals surface area contributed by atoms with Crippen LogP contribution in [-0.2, 0) is 31.1 Å². The number of halogens is 1. The fraction of sp³-hybridized carbons (Fsp3) is 0.275. The van der Waals surface area contributed by atoms with Gasteiger partial charge >= 0.3 is 10.1 Å². The number of benzene rings is 4. The van der Waals surface area contributed by atoms with E-state index in [2.05, 4.69) is 27.7 Å². The first kappa shape index (κ1) is 35.3. The molecule has 51 heavy (non-hydrogen) atoms. The van der Waals surface area contributed by atoms with Crippen LogP contribution in [0.2, 0.25) is 0 Å². The second-order valence-corrected chi connectivity index (χ2v) is 17.8. The number of hydrogen-bond donors (Lipinski definition) is 2. The summed E-state index contributed by atoms with van der Waals surface area (Å²) in [5, 5.41) is 4.70. The molecule has 11 heteroatoms. The lowest BCUT2D eigenvalue weighted by Crippen LogP contribution is -2.30. The summed E-state index contributed by atoms with van der Waals surface area (Å²) in [6, 6.07) is 23.7. The second-order valence-electron chi connectivity index (χ2n) is 14.5.